The summed E-state index contributed by atoms with van der Waals surface area (Å²) >= 11 is 0. The number of nitrogens with zero attached hydrogens (tertiary/aromatic N) is 2. The first-order valence-corrected chi connectivity index (χ1v) is 15.2. The van der Waals surface area contributed by atoms with Crippen molar-refractivity contribution in [3.8, 4) is 11.5 Å². The topological polar surface area (TPSA) is 161 Å². The molecule has 3 aliphatic heterocycles. The van der Waals surface area contributed by atoms with Crippen molar-refractivity contribution in [1.29, 1.82) is 0 Å². The Morgan fingerprint density at radius 3 is 2.86 bits per heavy atom. The van der Waals surface area contributed by atoms with Crippen LogP contribution in [0.25, 0.3) is 6.08 Å². The van der Waals surface area contributed by atoms with Gasteiger partial charge in [-0.2, -0.15) is 0 Å². The van der Waals surface area contributed by atoms with E-state index in [1.54, 1.807) is 18.2 Å². The largest absolute Gasteiger partial charge is 0.504 e. The van der Waals surface area contributed by atoms with Gasteiger partial charge in [-0.1, -0.05) is 31.5 Å². The summed E-state index contributed by atoms with van der Waals surface area (Å²) in [6.45, 7) is 2.66. The number of phenolic OH excluding ortho intramolecular Hbond substituents is 1. The van der Waals surface area contributed by atoms with E-state index >= 15 is 0 Å². The summed E-state index contributed by atoms with van der Waals surface area (Å²) in [6, 6.07) is 8.93. The molecule has 0 bridgehead atoms. The van der Waals surface area contributed by atoms with Crippen molar-refractivity contribution in [1.82, 2.24) is 10.2 Å². The Labute approximate surface area is 257 Å². The predicted octanol–water partition coefficient (Wildman–Crippen LogP) is 3.34. The van der Waals surface area contributed by atoms with Gasteiger partial charge in [0, 0.05) is 37.2 Å². The zero-order chi connectivity index (χ0) is 31.2. The van der Waals surface area contributed by atoms with E-state index in [0.29, 0.717) is 31.6 Å². The molecule has 0 radical (unpaired) electrons. The number of fused-ring (bicyclic) bond motifs is 2. The number of phenols is 1. The van der Waals surface area contributed by atoms with Crippen molar-refractivity contribution in [3.63, 3.8) is 0 Å². The highest BCUT2D eigenvalue weighted by atomic mass is 16.5. The van der Waals surface area contributed by atoms with Crippen LogP contribution in [-0.4, -0.2) is 62.3 Å². The average Bonchev–Trinajstić information content (AvgIpc) is 3.57. The molecular weight excluding hydrogens is 560 g/mol. The van der Waals surface area contributed by atoms with Crippen LogP contribution in [0.2, 0.25) is 0 Å². The van der Waals surface area contributed by atoms with Gasteiger partial charge in [0.15, 0.2) is 18.2 Å². The lowest BCUT2D eigenvalue weighted by Gasteiger charge is -2.24. The highest BCUT2D eigenvalue weighted by Gasteiger charge is 2.28. The number of Topliss-reactive ketones (excluding diaryl/α,β-unsaturated/α-hetero) is 1. The highest BCUT2D eigenvalue weighted by Crippen LogP contribution is 2.34. The second-order valence-corrected chi connectivity index (χ2v) is 11.7. The first-order chi connectivity index (χ1) is 21.2. The van der Waals surface area contributed by atoms with Crippen LogP contribution in [0.3, 0.4) is 0 Å². The number of aliphatic hydroxyl groups excluding tert-OH is 3. The number of benzene rings is 2. The van der Waals surface area contributed by atoms with E-state index in [1.165, 1.54) is 0 Å². The monoisotopic (exact) mass is 602 g/mol. The van der Waals surface area contributed by atoms with E-state index < -0.39 is 12.2 Å². The molecule has 10 nitrogen and oxygen atoms in total. The molecule has 44 heavy (non-hydrogen) atoms. The van der Waals surface area contributed by atoms with Gasteiger partial charge in [0.1, 0.15) is 11.9 Å². The molecular formula is C34H42N4O6. The number of nitrogens with two attached hydrogens (primary N) is 1. The first kappa shape index (κ1) is 31.5. The van der Waals surface area contributed by atoms with Crippen LogP contribution < -0.4 is 15.8 Å². The molecule has 3 heterocycles. The molecule has 5 rings (SSSR count). The summed E-state index contributed by atoms with van der Waals surface area (Å²) in [5, 5.41) is 43.6. The lowest BCUT2D eigenvalue weighted by molar-refractivity contribution is -0.121. The van der Waals surface area contributed by atoms with Crippen LogP contribution in [0.5, 0.6) is 11.5 Å². The molecule has 3 unspecified atom stereocenters. The summed E-state index contributed by atoms with van der Waals surface area (Å²) < 4.78 is 5.98. The lowest BCUT2D eigenvalue weighted by atomic mass is 9.88. The Kier molecular flexibility index (Phi) is 10.2. The minimum Gasteiger partial charge on any atom is -0.504 e. The third kappa shape index (κ3) is 7.39. The first-order valence-electron chi connectivity index (χ1n) is 15.2. The van der Waals surface area contributed by atoms with Gasteiger partial charge in [0.25, 0.3) is 0 Å². The van der Waals surface area contributed by atoms with Crippen molar-refractivity contribution in [3.05, 3.63) is 87.9 Å². The Balaban J connectivity index is 1.17. The van der Waals surface area contributed by atoms with E-state index in [4.69, 9.17) is 10.5 Å². The van der Waals surface area contributed by atoms with E-state index in [1.807, 2.05) is 48.6 Å². The molecule has 0 fully saturated rings. The molecule has 7 N–H and O–H groups in total. The van der Waals surface area contributed by atoms with Gasteiger partial charge in [-0.3, -0.25) is 9.79 Å². The van der Waals surface area contributed by atoms with Crippen molar-refractivity contribution < 1.29 is 30.0 Å². The van der Waals surface area contributed by atoms with Gasteiger partial charge >= 0.3 is 0 Å². The van der Waals surface area contributed by atoms with Crippen molar-refractivity contribution >= 4 is 17.6 Å². The predicted molar refractivity (Wildman–Crippen MR) is 169 cm³/mol. The van der Waals surface area contributed by atoms with Gasteiger partial charge in [-0.05, 0) is 77.1 Å². The van der Waals surface area contributed by atoms with E-state index in [2.05, 4.69) is 10.3 Å². The number of hydrogen-bond acceptors (Lipinski definition) is 10. The molecule has 0 aromatic heterocycles. The SMILES string of the molecule is CCCC(O)CC(O)CC(=O)CCc1ccc(O)c(OCN2C=C3C(Cc4c(CO)ccc5c4C=CNC5N)=CN=C3C2)c1. The number of hydrogen-bond donors (Lipinski definition) is 6. The fourth-order valence-electron chi connectivity index (χ4n) is 5.96. The number of aryl methyl sites for hydroxylation is 1. The van der Waals surface area contributed by atoms with Crippen molar-refractivity contribution in [2.75, 3.05) is 13.3 Å². The number of allylic oxidation sites excluding steroid dienone is 1. The molecule has 0 aliphatic carbocycles. The average molecular weight is 603 g/mol. The Morgan fingerprint density at radius 1 is 1.23 bits per heavy atom. The number of aliphatic imine (C=N–C) groups is 1. The molecule has 0 saturated carbocycles. The minimum atomic E-state index is -0.848. The van der Waals surface area contributed by atoms with E-state index in [0.717, 1.165) is 51.1 Å². The van der Waals surface area contributed by atoms with Crippen LogP contribution in [0.4, 0.5) is 0 Å². The summed E-state index contributed by atoms with van der Waals surface area (Å²) in [5.74, 6) is 0.261. The van der Waals surface area contributed by atoms with Crippen molar-refractivity contribution in [2.45, 2.75) is 76.9 Å². The van der Waals surface area contributed by atoms with Gasteiger partial charge < -0.3 is 41.1 Å². The standard InChI is InChI=1S/C34H42N4O6/c1-2-3-24(40)14-26(42)15-25(41)7-4-21-5-9-32(43)33(12-21)44-20-38-17-30-23(16-37-31(30)18-38)13-29-22(19-39)6-8-28-27(29)10-11-36-34(28)35/h5-6,8-12,16-17,24,26,34,36,39-40,42-43H,2-4,7,13-15,18-20,35H2,1H3. The molecule has 234 valence electrons. The Bertz CT molecular complexity index is 1500. The smallest absolute Gasteiger partial charge is 0.163 e. The van der Waals surface area contributed by atoms with Crippen LogP contribution >= 0.6 is 0 Å². The van der Waals surface area contributed by atoms with Crippen LogP contribution in [-0.2, 0) is 24.2 Å². The van der Waals surface area contributed by atoms with Gasteiger partial charge in [0.2, 0.25) is 0 Å². The molecule has 0 saturated heterocycles. The molecule has 10 heteroatoms. The maximum absolute atomic E-state index is 12.4. The number of rotatable bonds is 15. The second-order valence-electron chi connectivity index (χ2n) is 11.7. The van der Waals surface area contributed by atoms with Crippen LogP contribution in [0, 0.1) is 0 Å². The fraction of sp³-hybridized carbons (Fsp3) is 0.412. The number of ketones is 1. The molecule has 3 atom stereocenters. The Morgan fingerprint density at radius 2 is 2.07 bits per heavy atom. The molecule has 3 aliphatic rings. The summed E-state index contributed by atoms with van der Waals surface area (Å²) in [7, 11) is 0. The molecule has 0 spiro atoms. The molecule has 0 amide bonds. The fourth-order valence-corrected chi connectivity index (χ4v) is 5.96. The normalized spacial score (nSPS) is 18.2. The number of carbonyl (C=O) groups is 1. The minimum absolute atomic E-state index is 0.0107. The van der Waals surface area contributed by atoms with Gasteiger partial charge in [-0.25, -0.2) is 0 Å². The number of aliphatic hydroxyl groups is 3. The highest BCUT2D eigenvalue weighted by molar-refractivity contribution is 6.09. The Hall–Kier alpha value is -3.96. The maximum atomic E-state index is 12.4. The van der Waals surface area contributed by atoms with Crippen molar-refractivity contribution in [2.24, 2.45) is 10.7 Å². The quantitative estimate of drug-likeness (QED) is 0.180. The summed E-state index contributed by atoms with van der Waals surface area (Å²) in [6.07, 6.45) is 8.93. The van der Waals surface area contributed by atoms with Gasteiger partial charge in [-0.15, -0.1) is 0 Å². The third-order valence-corrected chi connectivity index (χ3v) is 8.32. The third-order valence-electron chi connectivity index (χ3n) is 8.32. The van der Waals surface area contributed by atoms with E-state index in [9.17, 15) is 25.2 Å². The van der Waals surface area contributed by atoms with Crippen LogP contribution in [0.1, 0.15) is 73.0 Å². The second kappa shape index (κ2) is 14.2. The number of aromatic hydroxyl groups is 1. The number of ether oxygens (including phenoxy) is 1. The summed E-state index contributed by atoms with van der Waals surface area (Å²) in [5.41, 5.74) is 14.0. The maximum Gasteiger partial charge on any atom is 0.163 e. The molecule has 2 aromatic carbocycles. The van der Waals surface area contributed by atoms with E-state index in [-0.39, 0.29) is 50.3 Å². The zero-order valence-corrected chi connectivity index (χ0v) is 25.1. The number of carbonyl (C=O) groups excluding carboxylic acids is 1. The molecule has 2 aromatic rings. The van der Waals surface area contributed by atoms with Gasteiger partial charge in [0.05, 0.1) is 31.1 Å². The number of nitrogens with one attached hydrogen (secondary N) is 1. The van der Waals surface area contributed by atoms with Crippen LogP contribution in [0.15, 0.2) is 65.1 Å². The summed E-state index contributed by atoms with van der Waals surface area (Å²) in [4.78, 5) is 19.0. The zero-order valence-electron chi connectivity index (χ0n) is 25.1. The lowest BCUT2D eigenvalue weighted by Crippen LogP contribution is -2.28.